The minimum atomic E-state index is -0.473. The maximum atomic E-state index is 11.7. The number of halogens is 1. The number of carbonyl (C=O) groups is 1. The predicted molar refractivity (Wildman–Crippen MR) is 71.5 cm³/mol. The van der Waals surface area contributed by atoms with Crippen LogP contribution in [0.1, 0.15) is 0 Å². The van der Waals surface area contributed by atoms with Crippen LogP contribution in [0.15, 0.2) is 24.3 Å². The average molecular weight is 284 g/mol. The van der Waals surface area contributed by atoms with Gasteiger partial charge in [-0.2, -0.15) is 0 Å². The third-order valence-corrected chi connectivity index (χ3v) is 4.53. The molecule has 1 amide bonds. The van der Waals surface area contributed by atoms with Crippen LogP contribution in [0.3, 0.4) is 0 Å². The summed E-state index contributed by atoms with van der Waals surface area (Å²) in [5.74, 6) is 0. The third kappa shape index (κ3) is 1.75. The Kier molecular flexibility index (Phi) is 2.89. The molecule has 4 nitrogen and oxygen atoms in total. The van der Waals surface area contributed by atoms with Crippen molar-refractivity contribution in [3.8, 4) is 0 Å². The van der Waals surface area contributed by atoms with Gasteiger partial charge in [0, 0.05) is 10.1 Å². The van der Waals surface area contributed by atoms with E-state index in [4.69, 9.17) is 21.4 Å². The second-order valence-electron chi connectivity index (χ2n) is 4.02. The van der Waals surface area contributed by atoms with Gasteiger partial charge >= 0.3 is 6.09 Å². The van der Waals surface area contributed by atoms with Crippen LogP contribution >= 0.6 is 22.9 Å². The highest BCUT2D eigenvalue weighted by Crippen LogP contribution is 2.42. The van der Waals surface area contributed by atoms with Crippen LogP contribution in [0.2, 0.25) is 5.02 Å². The van der Waals surface area contributed by atoms with Crippen molar-refractivity contribution in [3.05, 3.63) is 29.3 Å². The Bertz CT molecular complexity index is 612. The van der Waals surface area contributed by atoms with Gasteiger partial charge in [0.15, 0.2) is 0 Å². The van der Waals surface area contributed by atoms with E-state index in [1.807, 2.05) is 24.3 Å². The fourth-order valence-corrected chi connectivity index (χ4v) is 3.49. The zero-order valence-corrected chi connectivity index (χ0v) is 10.9. The summed E-state index contributed by atoms with van der Waals surface area (Å²) in [6.07, 6.45) is -0.929. The Morgan fingerprint density at radius 1 is 1.50 bits per heavy atom. The molecule has 6 heteroatoms. The Labute approximate surface area is 112 Å². The van der Waals surface area contributed by atoms with E-state index in [1.54, 1.807) is 0 Å². The molecule has 1 fully saturated rings. The minimum absolute atomic E-state index is 0.176. The Morgan fingerprint density at radius 2 is 2.28 bits per heavy atom. The second-order valence-corrected chi connectivity index (χ2v) is 5.42. The van der Waals surface area contributed by atoms with Crippen LogP contribution in [-0.2, 0) is 4.74 Å². The molecule has 0 radical (unpaired) electrons. The zero-order valence-electron chi connectivity index (χ0n) is 9.30. The standard InChI is InChI=1S/C12H10ClNO3S/c13-10-8-3-1-2-4-9(8)18-11(10)14-5-7(6-15)17-12(14)16/h1-4,7,15H,5-6H2/t7-/m1/s1. The van der Waals surface area contributed by atoms with Gasteiger partial charge in [-0.15, -0.1) is 11.3 Å². The first kappa shape index (κ1) is 11.8. The Morgan fingerprint density at radius 3 is 2.94 bits per heavy atom. The number of rotatable bonds is 2. The number of benzene rings is 1. The molecule has 0 aliphatic carbocycles. The first-order valence-electron chi connectivity index (χ1n) is 5.46. The summed E-state index contributed by atoms with van der Waals surface area (Å²) < 4.78 is 6.04. The van der Waals surface area contributed by atoms with Gasteiger partial charge in [-0.05, 0) is 6.07 Å². The monoisotopic (exact) mass is 283 g/mol. The topological polar surface area (TPSA) is 49.8 Å². The largest absolute Gasteiger partial charge is 0.441 e. The summed E-state index contributed by atoms with van der Waals surface area (Å²) >= 11 is 7.74. The van der Waals surface area contributed by atoms with E-state index in [-0.39, 0.29) is 6.61 Å². The normalized spacial score (nSPS) is 19.6. The first-order valence-corrected chi connectivity index (χ1v) is 6.66. The number of anilines is 1. The molecule has 1 aromatic carbocycles. The van der Waals surface area contributed by atoms with E-state index < -0.39 is 12.2 Å². The van der Waals surface area contributed by atoms with E-state index in [0.29, 0.717) is 16.6 Å². The van der Waals surface area contributed by atoms with Crippen molar-refractivity contribution in [1.82, 2.24) is 0 Å². The summed E-state index contributed by atoms with van der Waals surface area (Å²) in [4.78, 5) is 13.2. The lowest BCUT2D eigenvalue weighted by Gasteiger charge is -2.10. The van der Waals surface area contributed by atoms with Gasteiger partial charge in [-0.1, -0.05) is 29.8 Å². The van der Waals surface area contributed by atoms with E-state index >= 15 is 0 Å². The Hall–Kier alpha value is -1.30. The number of aliphatic hydroxyl groups excluding tert-OH is 1. The number of amides is 1. The van der Waals surface area contributed by atoms with Crippen LogP contribution in [0.5, 0.6) is 0 Å². The molecule has 1 atom stereocenters. The van der Waals surface area contributed by atoms with Crippen molar-refractivity contribution in [2.75, 3.05) is 18.1 Å². The molecule has 1 saturated heterocycles. The van der Waals surface area contributed by atoms with Crippen molar-refractivity contribution >= 4 is 44.1 Å². The highest BCUT2D eigenvalue weighted by molar-refractivity contribution is 7.23. The smallest absolute Gasteiger partial charge is 0.415 e. The minimum Gasteiger partial charge on any atom is -0.441 e. The lowest BCUT2D eigenvalue weighted by atomic mass is 10.2. The van der Waals surface area contributed by atoms with Gasteiger partial charge in [0.2, 0.25) is 0 Å². The maximum absolute atomic E-state index is 11.7. The van der Waals surface area contributed by atoms with E-state index in [2.05, 4.69) is 0 Å². The molecule has 0 saturated carbocycles. The fourth-order valence-electron chi connectivity index (χ4n) is 1.96. The van der Waals surface area contributed by atoms with Gasteiger partial charge in [0.05, 0.1) is 18.2 Å². The number of fused-ring (bicyclic) bond motifs is 1. The molecule has 1 aliphatic heterocycles. The van der Waals surface area contributed by atoms with Crippen LogP contribution < -0.4 is 4.90 Å². The number of aliphatic hydroxyl groups is 1. The average Bonchev–Trinajstić information content (AvgIpc) is 2.91. The van der Waals surface area contributed by atoms with Crippen LogP contribution in [0.25, 0.3) is 10.1 Å². The van der Waals surface area contributed by atoms with Gasteiger partial charge in [-0.25, -0.2) is 4.79 Å². The summed E-state index contributed by atoms with van der Waals surface area (Å²) in [5.41, 5.74) is 0. The molecule has 1 aromatic heterocycles. The van der Waals surface area contributed by atoms with Crippen molar-refractivity contribution in [2.24, 2.45) is 0 Å². The molecule has 0 unspecified atom stereocenters. The van der Waals surface area contributed by atoms with Crippen molar-refractivity contribution < 1.29 is 14.6 Å². The maximum Gasteiger partial charge on any atom is 0.415 e. The number of carbonyl (C=O) groups excluding carboxylic acids is 1. The molecular formula is C12H10ClNO3S. The first-order chi connectivity index (χ1) is 8.70. The molecule has 2 aromatic rings. The molecule has 0 bridgehead atoms. The molecule has 94 valence electrons. The molecule has 1 aliphatic rings. The van der Waals surface area contributed by atoms with E-state index in [9.17, 15) is 4.79 Å². The van der Waals surface area contributed by atoms with Crippen LogP contribution in [0, 0.1) is 0 Å². The third-order valence-electron chi connectivity index (χ3n) is 2.84. The van der Waals surface area contributed by atoms with Crippen molar-refractivity contribution in [1.29, 1.82) is 0 Å². The zero-order chi connectivity index (χ0) is 12.7. The summed E-state index contributed by atoms with van der Waals surface area (Å²) in [6, 6.07) is 7.71. The summed E-state index contributed by atoms with van der Waals surface area (Å²) in [6.45, 7) is 0.159. The molecule has 2 heterocycles. The molecular weight excluding hydrogens is 274 g/mol. The van der Waals surface area contributed by atoms with Gasteiger partial charge in [0.25, 0.3) is 0 Å². The number of thiophene rings is 1. The Balaban J connectivity index is 2.04. The number of nitrogens with zero attached hydrogens (tertiary/aromatic N) is 1. The fraction of sp³-hybridized carbons (Fsp3) is 0.250. The van der Waals surface area contributed by atoms with Gasteiger partial charge in [0.1, 0.15) is 11.1 Å². The van der Waals surface area contributed by atoms with Gasteiger partial charge in [-0.3, -0.25) is 4.90 Å². The molecule has 18 heavy (non-hydrogen) atoms. The lowest BCUT2D eigenvalue weighted by Crippen LogP contribution is -2.24. The summed E-state index contributed by atoms with van der Waals surface area (Å²) in [5, 5.41) is 11.2. The molecule has 3 rings (SSSR count). The SMILES string of the molecule is O=C1O[C@@H](CO)CN1c1sc2ccccc2c1Cl. The highest BCUT2D eigenvalue weighted by atomic mass is 35.5. The van der Waals surface area contributed by atoms with Crippen LogP contribution in [0.4, 0.5) is 9.80 Å². The number of hydrogen-bond donors (Lipinski definition) is 1. The highest BCUT2D eigenvalue weighted by Gasteiger charge is 2.34. The number of cyclic esters (lactones) is 1. The molecule has 0 spiro atoms. The predicted octanol–water partition coefficient (Wildman–Crippen LogP) is 2.87. The number of ether oxygens (including phenoxy) is 1. The quantitative estimate of drug-likeness (QED) is 0.922. The molecule has 1 N–H and O–H groups in total. The van der Waals surface area contributed by atoms with Crippen molar-refractivity contribution in [2.45, 2.75) is 6.10 Å². The summed E-state index contributed by atoms with van der Waals surface area (Å²) in [7, 11) is 0. The lowest BCUT2D eigenvalue weighted by molar-refractivity contribution is 0.0963. The van der Waals surface area contributed by atoms with E-state index in [1.165, 1.54) is 16.2 Å². The van der Waals surface area contributed by atoms with Crippen molar-refractivity contribution in [3.63, 3.8) is 0 Å². The van der Waals surface area contributed by atoms with E-state index in [0.717, 1.165) is 10.1 Å². The van der Waals surface area contributed by atoms with Crippen LogP contribution in [-0.4, -0.2) is 30.5 Å². The number of hydrogen-bond acceptors (Lipinski definition) is 4. The van der Waals surface area contributed by atoms with Gasteiger partial charge < -0.3 is 9.84 Å². The second kappa shape index (κ2) is 4.42.